The molecule has 0 amide bonds. The number of nitrogen functional groups attached to an aromatic ring is 1. The average molecular weight is 178 g/mol. The molecule has 2 heterocycles. The summed E-state index contributed by atoms with van der Waals surface area (Å²) in [6, 6.07) is 0.364. The van der Waals surface area contributed by atoms with Crippen molar-refractivity contribution in [1.82, 2.24) is 15.0 Å². The highest BCUT2D eigenvalue weighted by Crippen LogP contribution is 2.10. The first-order valence-corrected chi connectivity index (χ1v) is 4.19. The summed E-state index contributed by atoms with van der Waals surface area (Å²) in [7, 11) is 0. The number of nitrogens with zero attached hydrogens (tertiary/aromatic N) is 3. The third-order valence-corrected chi connectivity index (χ3v) is 2.01. The maximum Gasteiger partial charge on any atom is 0.307 e. The van der Waals surface area contributed by atoms with Gasteiger partial charge in [-0.25, -0.2) is 4.57 Å². The molecule has 0 aliphatic heterocycles. The fraction of sp³-hybridized carbons (Fsp3) is 0.375. The minimum Gasteiger partial charge on any atom is -0.380 e. The molecule has 5 heteroatoms. The summed E-state index contributed by atoms with van der Waals surface area (Å²) in [5.74, 6) is 0.490. The summed E-state index contributed by atoms with van der Waals surface area (Å²) >= 11 is 0. The molecule has 2 aromatic heterocycles. The molecule has 0 aliphatic carbocycles. The van der Waals surface area contributed by atoms with Gasteiger partial charge in [-0.05, 0) is 13.8 Å². The molecule has 0 aliphatic rings. The molecule has 0 bridgehead atoms. The van der Waals surface area contributed by atoms with Crippen LogP contribution in [-0.2, 0) is 0 Å². The summed E-state index contributed by atoms with van der Waals surface area (Å²) in [5, 5.41) is 0. The van der Waals surface area contributed by atoms with Crippen LogP contribution >= 0.6 is 0 Å². The number of nitrogens with one attached hydrogen (secondary N) is 1. The van der Waals surface area contributed by atoms with E-state index in [0.29, 0.717) is 11.9 Å². The SMILES string of the molecule is CC(C)[n+]1c[nH]c2c(N)ncnc21. The van der Waals surface area contributed by atoms with E-state index >= 15 is 0 Å². The van der Waals surface area contributed by atoms with Gasteiger partial charge in [0.25, 0.3) is 0 Å². The second-order valence-corrected chi connectivity index (χ2v) is 3.23. The maximum atomic E-state index is 5.67. The number of hydrogen-bond acceptors (Lipinski definition) is 3. The number of hydrogen-bond donors (Lipinski definition) is 2. The van der Waals surface area contributed by atoms with Crippen LogP contribution in [0, 0.1) is 0 Å². The van der Waals surface area contributed by atoms with Crippen LogP contribution in [0.5, 0.6) is 0 Å². The van der Waals surface area contributed by atoms with Crippen molar-refractivity contribution in [3.8, 4) is 0 Å². The Balaban J connectivity index is 2.75. The fourth-order valence-corrected chi connectivity index (χ4v) is 1.31. The summed E-state index contributed by atoms with van der Waals surface area (Å²) in [5.41, 5.74) is 7.33. The van der Waals surface area contributed by atoms with Crippen LogP contribution in [0.1, 0.15) is 19.9 Å². The lowest BCUT2D eigenvalue weighted by Gasteiger charge is -1.99. The molecule has 3 N–H and O–H groups in total. The van der Waals surface area contributed by atoms with Gasteiger partial charge in [0, 0.05) is 0 Å². The molecule has 0 aromatic carbocycles. The van der Waals surface area contributed by atoms with E-state index in [-0.39, 0.29) is 0 Å². The van der Waals surface area contributed by atoms with Crippen molar-refractivity contribution in [3.63, 3.8) is 0 Å². The third-order valence-electron chi connectivity index (χ3n) is 2.01. The van der Waals surface area contributed by atoms with Crippen molar-refractivity contribution in [2.75, 3.05) is 5.73 Å². The van der Waals surface area contributed by atoms with E-state index in [9.17, 15) is 0 Å². The van der Waals surface area contributed by atoms with E-state index in [0.717, 1.165) is 11.2 Å². The lowest BCUT2D eigenvalue weighted by molar-refractivity contribution is -0.692. The number of imidazole rings is 1. The Bertz CT molecular complexity index is 431. The highest BCUT2D eigenvalue weighted by Gasteiger charge is 2.15. The number of anilines is 1. The van der Waals surface area contributed by atoms with Crippen molar-refractivity contribution in [2.24, 2.45) is 0 Å². The van der Waals surface area contributed by atoms with Gasteiger partial charge in [0.05, 0.1) is 6.04 Å². The van der Waals surface area contributed by atoms with Gasteiger partial charge in [0.2, 0.25) is 5.52 Å². The molecule has 0 radical (unpaired) electrons. The molecule has 5 nitrogen and oxygen atoms in total. The highest BCUT2D eigenvalue weighted by atomic mass is 15.1. The van der Waals surface area contributed by atoms with Crippen LogP contribution in [0.4, 0.5) is 5.82 Å². The monoisotopic (exact) mass is 178 g/mol. The lowest BCUT2D eigenvalue weighted by Crippen LogP contribution is -2.34. The van der Waals surface area contributed by atoms with Crippen LogP contribution in [0.2, 0.25) is 0 Å². The maximum absolute atomic E-state index is 5.67. The summed E-state index contributed by atoms with van der Waals surface area (Å²) < 4.78 is 2.02. The molecule has 0 saturated carbocycles. The summed E-state index contributed by atoms with van der Waals surface area (Å²) in [6.07, 6.45) is 3.34. The zero-order valence-corrected chi connectivity index (χ0v) is 7.65. The van der Waals surface area contributed by atoms with Crippen molar-refractivity contribution in [3.05, 3.63) is 12.7 Å². The van der Waals surface area contributed by atoms with Crippen molar-refractivity contribution >= 4 is 17.0 Å². The number of rotatable bonds is 1. The molecule has 0 atom stereocenters. The zero-order valence-electron chi connectivity index (χ0n) is 7.65. The predicted octanol–water partition coefficient (Wildman–Crippen LogP) is 0.408. The van der Waals surface area contributed by atoms with Crippen LogP contribution in [0.3, 0.4) is 0 Å². The highest BCUT2D eigenvalue weighted by molar-refractivity contribution is 5.77. The normalized spacial score (nSPS) is 11.3. The second-order valence-electron chi connectivity index (χ2n) is 3.23. The third kappa shape index (κ3) is 1.12. The predicted molar refractivity (Wildman–Crippen MR) is 48.9 cm³/mol. The second kappa shape index (κ2) is 2.69. The van der Waals surface area contributed by atoms with Crippen molar-refractivity contribution < 1.29 is 4.57 Å². The van der Waals surface area contributed by atoms with Gasteiger partial charge in [0.15, 0.2) is 18.5 Å². The molecule has 0 fully saturated rings. The van der Waals surface area contributed by atoms with Gasteiger partial charge in [-0.1, -0.05) is 4.98 Å². The van der Waals surface area contributed by atoms with E-state index in [4.69, 9.17) is 5.73 Å². The molecular weight excluding hydrogens is 166 g/mol. The molecule has 13 heavy (non-hydrogen) atoms. The standard InChI is InChI=1S/C8H11N5/c1-5(2)13-4-12-6-7(9)10-3-11-8(6)13/h3-5H,1-2H3,(H2,9,10,11)/p+1. The molecule has 0 spiro atoms. The van der Waals surface area contributed by atoms with Crippen LogP contribution in [0.25, 0.3) is 11.2 Å². The zero-order chi connectivity index (χ0) is 9.42. The van der Waals surface area contributed by atoms with Gasteiger partial charge in [-0.3, -0.25) is 4.98 Å². The van der Waals surface area contributed by atoms with Crippen LogP contribution in [-0.4, -0.2) is 15.0 Å². The topological polar surface area (TPSA) is 71.5 Å². The number of H-pyrrole nitrogens is 1. The van der Waals surface area contributed by atoms with Gasteiger partial charge >= 0.3 is 5.65 Å². The van der Waals surface area contributed by atoms with Crippen molar-refractivity contribution in [2.45, 2.75) is 19.9 Å². The Morgan fingerprint density at radius 2 is 2.23 bits per heavy atom. The first-order chi connectivity index (χ1) is 6.20. The molecule has 0 saturated heterocycles. The summed E-state index contributed by atoms with van der Waals surface area (Å²) in [6.45, 7) is 4.18. The molecule has 0 unspecified atom stereocenters. The Morgan fingerprint density at radius 3 is 2.92 bits per heavy atom. The number of nitrogens with two attached hydrogens (primary N) is 1. The number of fused-ring (bicyclic) bond motifs is 1. The molecule has 68 valence electrons. The fourth-order valence-electron chi connectivity index (χ4n) is 1.31. The number of aromatic nitrogens is 4. The minimum absolute atomic E-state index is 0.364. The van der Waals surface area contributed by atoms with E-state index in [1.165, 1.54) is 6.33 Å². The first-order valence-electron chi connectivity index (χ1n) is 4.19. The smallest absolute Gasteiger partial charge is 0.307 e. The minimum atomic E-state index is 0.364. The Kier molecular flexibility index (Phi) is 1.65. The van der Waals surface area contributed by atoms with E-state index in [1.54, 1.807) is 0 Å². The van der Waals surface area contributed by atoms with E-state index in [2.05, 4.69) is 28.8 Å². The molecule has 2 aromatic rings. The number of aromatic amines is 1. The van der Waals surface area contributed by atoms with Crippen LogP contribution < -0.4 is 10.3 Å². The van der Waals surface area contributed by atoms with Gasteiger partial charge in [0.1, 0.15) is 0 Å². The van der Waals surface area contributed by atoms with Crippen molar-refractivity contribution in [1.29, 1.82) is 0 Å². The largest absolute Gasteiger partial charge is 0.380 e. The molecular formula is C8H12N5+. The van der Waals surface area contributed by atoms with Crippen LogP contribution in [0.15, 0.2) is 12.7 Å². The van der Waals surface area contributed by atoms with Gasteiger partial charge in [-0.2, -0.15) is 4.98 Å². The lowest BCUT2D eigenvalue weighted by atomic mass is 10.4. The molecule has 2 rings (SSSR count). The Hall–Kier alpha value is -1.65. The Morgan fingerprint density at radius 1 is 1.46 bits per heavy atom. The average Bonchev–Trinajstić information content (AvgIpc) is 2.48. The summed E-state index contributed by atoms with van der Waals surface area (Å²) in [4.78, 5) is 11.1. The quantitative estimate of drug-likeness (QED) is 0.621. The van der Waals surface area contributed by atoms with E-state index in [1.807, 2.05) is 10.9 Å². The van der Waals surface area contributed by atoms with Gasteiger partial charge < -0.3 is 5.73 Å². The first kappa shape index (κ1) is 7.97. The Labute approximate surface area is 75.6 Å². The van der Waals surface area contributed by atoms with Gasteiger partial charge in [-0.15, -0.1) is 0 Å². The van der Waals surface area contributed by atoms with E-state index < -0.39 is 0 Å².